The van der Waals surface area contributed by atoms with Gasteiger partial charge in [-0.3, -0.25) is 14.2 Å². The standard InChI is InChI=1S/C22H16Cl2FN3O3S/c1-2-15-10-16-20(30)28(14-5-3-4-12(23)8-14)22(31)27(21(16)32-15)11-19(29)26-13-6-7-17(24)18(25)9-13/h3-10H,2,11H2,1H3,(H,26,29). The molecule has 6 nitrogen and oxygen atoms in total. The Bertz CT molecular complexity index is 1480. The monoisotopic (exact) mass is 491 g/mol. The molecule has 2 aromatic heterocycles. The molecule has 0 saturated carbocycles. The van der Waals surface area contributed by atoms with Crippen molar-refractivity contribution in [3.8, 4) is 5.69 Å². The lowest BCUT2D eigenvalue weighted by Crippen LogP contribution is -2.40. The molecule has 2 heterocycles. The molecule has 4 rings (SSSR count). The fourth-order valence-electron chi connectivity index (χ4n) is 3.27. The highest BCUT2D eigenvalue weighted by atomic mass is 35.5. The minimum atomic E-state index is -0.677. The van der Waals surface area contributed by atoms with Crippen molar-refractivity contribution in [1.82, 2.24) is 9.13 Å². The maximum absolute atomic E-state index is 13.7. The van der Waals surface area contributed by atoms with E-state index in [1.54, 1.807) is 24.3 Å². The fraction of sp³-hybridized carbons (Fsp3) is 0.136. The number of rotatable bonds is 5. The van der Waals surface area contributed by atoms with Gasteiger partial charge in [-0.2, -0.15) is 0 Å². The second-order valence-electron chi connectivity index (χ2n) is 6.95. The van der Waals surface area contributed by atoms with E-state index in [-0.39, 0.29) is 17.3 Å². The number of benzene rings is 2. The summed E-state index contributed by atoms with van der Waals surface area (Å²) < 4.78 is 15.9. The first-order valence-corrected chi connectivity index (χ1v) is 11.1. The fourth-order valence-corrected chi connectivity index (χ4v) is 4.66. The Morgan fingerprint density at radius 1 is 1.12 bits per heavy atom. The third-order valence-electron chi connectivity index (χ3n) is 4.78. The van der Waals surface area contributed by atoms with Gasteiger partial charge in [-0.1, -0.05) is 36.2 Å². The quantitative estimate of drug-likeness (QED) is 0.433. The zero-order valence-corrected chi connectivity index (χ0v) is 19.0. The number of aromatic nitrogens is 2. The molecule has 0 unspecified atom stereocenters. The Morgan fingerprint density at radius 3 is 2.59 bits per heavy atom. The lowest BCUT2D eigenvalue weighted by molar-refractivity contribution is -0.116. The Morgan fingerprint density at radius 2 is 1.91 bits per heavy atom. The lowest BCUT2D eigenvalue weighted by atomic mass is 10.3. The molecule has 0 aliphatic rings. The summed E-state index contributed by atoms with van der Waals surface area (Å²) in [7, 11) is 0. The molecule has 1 N–H and O–H groups in total. The molecule has 1 amide bonds. The van der Waals surface area contributed by atoms with E-state index in [0.29, 0.717) is 27.3 Å². The van der Waals surface area contributed by atoms with Crippen LogP contribution >= 0.6 is 34.5 Å². The van der Waals surface area contributed by atoms with Crippen LogP contribution in [-0.4, -0.2) is 15.0 Å². The zero-order chi connectivity index (χ0) is 23.0. The number of carbonyl (C=O) groups excluding carboxylic acids is 1. The number of nitrogens with one attached hydrogen (secondary N) is 1. The van der Waals surface area contributed by atoms with Crippen molar-refractivity contribution in [1.29, 1.82) is 0 Å². The van der Waals surface area contributed by atoms with E-state index in [0.717, 1.165) is 15.5 Å². The van der Waals surface area contributed by atoms with E-state index in [1.165, 1.54) is 34.1 Å². The number of amides is 1. The van der Waals surface area contributed by atoms with E-state index in [1.807, 2.05) is 6.92 Å². The number of thiophene rings is 1. The first kappa shape index (κ1) is 22.3. The highest BCUT2D eigenvalue weighted by molar-refractivity contribution is 7.18. The maximum Gasteiger partial charge on any atom is 0.337 e. The second-order valence-corrected chi connectivity index (χ2v) is 8.91. The van der Waals surface area contributed by atoms with Crippen molar-refractivity contribution >= 4 is 56.3 Å². The van der Waals surface area contributed by atoms with Gasteiger partial charge in [-0.15, -0.1) is 11.3 Å². The highest BCUT2D eigenvalue weighted by Gasteiger charge is 2.19. The molecule has 0 fully saturated rings. The predicted molar refractivity (Wildman–Crippen MR) is 126 cm³/mol. The SMILES string of the molecule is CCc1cc2c(=O)n(-c3cccc(Cl)c3)c(=O)n(CC(=O)Nc3ccc(Cl)c(F)c3)c2s1. The van der Waals surface area contributed by atoms with E-state index < -0.39 is 23.0 Å². The van der Waals surface area contributed by atoms with Crippen LogP contribution in [0.25, 0.3) is 15.9 Å². The second kappa shape index (κ2) is 8.90. The van der Waals surface area contributed by atoms with Crippen molar-refractivity contribution in [3.63, 3.8) is 0 Å². The van der Waals surface area contributed by atoms with Crippen molar-refractivity contribution in [3.05, 3.63) is 90.1 Å². The molecule has 4 aromatic rings. The molecule has 10 heteroatoms. The molecule has 32 heavy (non-hydrogen) atoms. The number of halogens is 3. The lowest BCUT2D eigenvalue weighted by Gasteiger charge is -2.12. The first-order valence-electron chi connectivity index (χ1n) is 9.57. The minimum Gasteiger partial charge on any atom is -0.324 e. The summed E-state index contributed by atoms with van der Waals surface area (Å²) in [4.78, 5) is 40.5. The molecule has 0 atom stereocenters. The predicted octanol–water partition coefficient (Wildman–Crippen LogP) is 4.86. The molecule has 0 bridgehead atoms. The van der Waals surface area contributed by atoms with E-state index in [2.05, 4.69) is 5.32 Å². The molecule has 0 saturated heterocycles. The van der Waals surface area contributed by atoms with Crippen LogP contribution in [0.2, 0.25) is 10.0 Å². The molecule has 2 aromatic carbocycles. The summed E-state index contributed by atoms with van der Waals surface area (Å²) in [5.74, 6) is -1.23. The van der Waals surface area contributed by atoms with Crippen LogP contribution in [0.15, 0.2) is 58.1 Å². The van der Waals surface area contributed by atoms with Crippen molar-refractivity contribution in [2.45, 2.75) is 19.9 Å². The zero-order valence-electron chi connectivity index (χ0n) is 16.7. The summed E-state index contributed by atoms with van der Waals surface area (Å²) in [6.07, 6.45) is 0.667. The first-order chi connectivity index (χ1) is 15.3. The van der Waals surface area contributed by atoms with Crippen LogP contribution in [0, 0.1) is 5.82 Å². The molecule has 0 spiro atoms. The van der Waals surface area contributed by atoms with Gasteiger partial charge in [0.05, 0.1) is 16.1 Å². The van der Waals surface area contributed by atoms with Crippen LogP contribution in [0.1, 0.15) is 11.8 Å². The van der Waals surface area contributed by atoms with Gasteiger partial charge >= 0.3 is 5.69 Å². The third kappa shape index (κ3) is 4.21. The van der Waals surface area contributed by atoms with Crippen molar-refractivity contribution in [2.75, 3.05) is 5.32 Å². The van der Waals surface area contributed by atoms with E-state index in [9.17, 15) is 18.8 Å². The smallest absolute Gasteiger partial charge is 0.324 e. The van der Waals surface area contributed by atoms with Crippen LogP contribution < -0.4 is 16.6 Å². The largest absolute Gasteiger partial charge is 0.337 e. The number of hydrogen-bond donors (Lipinski definition) is 1. The van der Waals surface area contributed by atoms with Crippen molar-refractivity contribution in [2.24, 2.45) is 0 Å². The summed E-state index contributed by atoms with van der Waals surface area (Å²) in [6.45, 7) is 1.56. The average Bonchev–Trinajstić information content (AvgIpc) is 3.19. The highest BCUT2D eigenvalue weighted by Crippen LogP contribution is 2.24. The summed E-state index contributed by atoms with van der Waals surface area (Å²) in [5.41, 5.74) is -0.663. The number of fused-ring (bicyclic) bond motifs is 1. The van der Waals surface area contributed by atoms with E-state index in [4.69, 9.17) is 23.2 Å². The van der Waals surface area contributed by atoms with Crippen molar-refractivity contribution < 1.29 is 9.18 Å². The Hall–Kier alpha value is -2.94. The molecule has 0 radical (unpaired) electrons. The Balaban J connectivity index is 1.83. The topological polar surface area (TPSA) is 73.1 Å². The third-order valence-corrected chi connectivity index (χ3v) is 6.63. The molecule has 0 aliphatic carbocycles. The maximum atomic E-state index is 13.7. The summed E-state index contributed by atoms with van der Waals surface area (Å²) in [6, 6.07) is 11.9. The summed E-state index contributed by atoms with van der Waals surface area (Å²) in [5, 5.41) is 3.18. The van der Waals surface area contributed by atoms with Crippen LogP contribution in [0.5, 0.6) is 0 Å². The van der Waals surface area contributed by atoms with Crippen LogP contribution in [0.4, 0.5) is 10.1 Å². The van der Waals surface area contributed by atoms with E-state index >= 15 is 0 Å². The van der Waals surface area contributed by atoms with Gasteiger partial charge in [-0.05, 0) is 48.9 Å². The number of nitrogens with zero attached hydrogens (tertiary/aromatic N) is 2. The normalized spacial score (nSPS) is 11.1. The van der Waals surface area contributed by atoms with Gasteiger partial charge in [0, 0.05) is 15.6 Å². The number of hydrogen-bond acceptors (Lipinski definition) is 4. The molecule has 0 aliphatic heterocycles. The van der Waals surface area contributed by atoms with Gasteiger partial charge in [-0.25, -0.2) is 13.8 Å². The van der Waals surface area contributed by atoms with Gasteiger partial charge < -0.3 is 5.32 Å². The number of carbonyl (C=O) groups is 1. The van der Waals surface area contributed by atoms with Gasteiger partial charge in [0.2, 0.25) is 5.91 Å². The Kier molecular flexibility index (Phi) is 6.19. The Labute approximate surface area is 195 Å². The van der Waals surface area contributed by atoms with Gasteiger partial charge in [0.25, 0.3) is 5.56 Å². The average molecular weight is 492 g/mol. The molecular formula is C22H16Cl2FN3O3S. The number of aryl methyl sites for hydroxylation is 1. The minimum absolute atomic E-state index is 0.0693. The number of anilines is 1. The van der Waals surface area contributed by atoms with Gasteiger partial charge in [0.1, 0.15) is 17.2 Å². The van der Waals surface area contributed by atoms with Crippen LogP contribution in [-0.2, 0) is 17.8 Å². The molecular weight excluding hydrogens is 476 g/mol. The van der Waals surface area contributed by atoms with Crippen LogP contribution in [0.3, 0.4) is 0 Å². The molecule has 164 valence electrons. The summed E-state index contributed by atoms with van der Waals surface area (Å²) >= 11 is 13.0. The van der Waals surface area contributed by atoms with Gasteiger partial charge in [0.15, 0.2) is 0 Å².